The summed E-state index contributed by atoms with van der Waals surface area (Å²) in [5, 5.41) is 0. The van der Waals surface area contributed by atoms with Crippen LogP contribution in [0.2, 0.25) is 0 Å². The number of hydrogen-bond acceptors (Lipinski definition) is 2. The molecule has 0 aliphatic rings. The summed E-state index contributed by atoms with van der Waals surface area (Å²) in [4.78, 5) is 31.3. The Balaban J connectivity index is 2.47. The Morgan fingerprint density at radius 2 is 1.33 bits per heavy atom. The molecule has 0 amide bonds. The van der Waals surface area contributed by atoms with E-state index in [1.807, 2.05) is 0 Å². The average Bonchev–Trinajstić information content (AvgIpc) is 2.61. The Bertz CT molecular complexity index is 1090. The standard InChI is InChI=1S/C20H15F2O4P/c1-12-10-11-14(13-6-2-4-8-16(13)21)19(15-7-3-5-9-17(15)22)18(12)20(23)27(24,25)26/h2-11H,1H3,(H2,24,25,26). The van der Waals surface area contributed by atoms with Crippen LogP contribution in [0.3, 0.4) is 0 Å². The first-order chi connectivity index (χ1) is 12.7. The second-order valence-electron chi connectivity index (χ2n) is 5.99. The minimum Gasteiger partial charge on any atom is -0.319 e. The summed E-state index contributed by atoms with van der Waals surface area (Å²) in [6.07, 6.45) is 0. The number of benzene rings is 3. The molecular weight excluding hydrogens is 373 g/mol. The van der Waals surface area contributed by atoms with Crippen molar-refractivity contribution in [2.24, 2.45) is 0 Å². The van der Waals surface area contributed by atoms with Gasteiger partial charge in [0.05, 0.1) is 0 Å². The summed E-state index contributed by atoms with van der Waals surface area (Å²) in [6.45, 7) is 1.48. The van der Waals surface area contributed by atoms with Gasteiger partial charge in [0.2, 0.25) is 0 Å². The fourth-order valence-corrected chi connectivity index (χ4v) is 3.56. The predicted molar refractivity (Wildman–Crippen MR) is 98.3 cm³/mol. The normalized spacial score (nSPS) is 11.4. The summed E-state index contributed by atoms with van der Waals surface area (Å²) < 4.78 is 40.6. The SMILES string of the molecule is Cc1ccc(-c2ccccc2F)c(-c2ccccc2F)c1C(=O)P(=O)(O)O. The van der Waals surface area contributed by atoms with E-state index in [-0.39, 0.29) is 33.4 Å². The maximum absolute atomic E-state index is 14.5. The molecule has 0 spiro atoms. The third kappa shape index (κ3) is 3.60. The molecule has 138 valence electrons. The fraction of sp³-hybridized carbons (Fsp3) is 0.0500. The van der Waals surface area contributed by atoms with E-state index in [2.05, 4.69) is 0 Å². The Morgan fingerprint density at radius 3 is 1.85 bits per heavy atom. The highest BCUT2D eigenvalue weighted by molar-refractivity contribution is 7.71. The van der Waals surface area contributed by atoms with Crippen molar-refractivity contribution in [1.29, 1.82) is 0 Å². The molecule has 4 nitrogen and oxygen atoms in total. The molecule has 2 N–H and O–H groups in total. The molecule has 0 atom stereocenters. The van der Waals surface area contributed by atoms with Crippen molar-refractivity contribution < 1.29 is 27.9 Å². The smallest absolute Gasteiger partial charge is 0.319 e. The molecule has 27 heavy (non-hydrogen) atoms. The maximum atomic E-state index is 14.5. The molecule has 0 aliphatic heterocycles. The number of carbonyl (C=O) groups excluding carboxylic acids is 1. The number of carbonyl (C=O) groups is 1. The summed E-state index contributed by atoms with van der Waals surface area (Å²) in [7, 11) is -5.15. The molecule has 0 heterocycles. The van der Waals surface area contributed by atoms with E-state index in [4.69, 9.17) is 0 Å². The lowest BCUT2D eigenvalue weighted by Gasteiger charge is -2.18. The van der Waals surface area contributed by atoms with Gasteiger partial charge in [-0.3, -0.25) is 9.36 Å². The summed E-state index contributed by atoms with van der Waals surface area (Å²) in [6, 6.07) is 14.2. The van der Waals surface area contributed by atoms with E-state index >= 15 is 0 Å². The van der Waals surface area contributed by atoms with E-state index in [9.17, 15) is 27.9 Å². The number of halogens is 2. The lowest BCUT2D eigenvalue weighted by atomic mass is 9.88. The lowest BCUT2D eigenvalue weighted by Crippen LogP contribution is -2.07. The second kappa shape index (κ2) is 7.16. The third-order valence-corrected chi connectivity index (χ3v) is 4.95. The van der Waals surface area contributed by atoms with Crippen molar-refractivity contribution in [3.63, 3.8) is 0 Å². The highest BCUT2D eigenvalue weighted by Gasteiger charge is 2.33. The van der Waals surface area contributed by atoms with Crippen LogP contribution in [0.5, 0.6) is 0 Å². The van der Waals surface area contributed by atoms with E-state index in [1.54, 1.807) is 6.07 Å². The van der Waals surface area contributed by atoms with Gasteiger partial charge in [-0.2, -0.15) is 0 Å². The number of rotatable bonds is 4. The molecule has 3 aromatic rings. The van der Waals surface area contributed by atoms with Crippen LogP contribution in [-0.4, -0.2) is 15.3 Å². The zero-order chi connectivity index (χ0) is 19.8. The van der Waals surface area contributed by atoms with E-state index < -0.39 is 24.8 Å². The molecule has 0 aliphatic carbocycles. The minimum absolute atomic E-state index is 0.0451. The molecule has 0 fully saturated rings. The van der Waals surface area contributed by atoms with Crippen LogP contribution in [0.15, 0.2) is 60.7 Å². The van der Waals surface area contributed by atoms with Crippen molar-refractivity contribution in [3.05, 3.63) is 83.4 Å². The first-order valence-corrected chi connectivity index (χ1v) is 9.57. The van der Waals surface area contributed by atoms with Gasteiger partial charge in [0, 0.05) is 22.3 Å². The Morgan fingerprint density at radius 1 is 0.815 bits per heavy atom. The fourth-order valence-electron chi connectivity index (χ4n) is 2.98. The van der Waals surface area contributed by atoms with E-state index in [1.165, 1.54) is 55.5 Å². The maximum Gasteiger partial charge on any atom is 0.396 e. The number of aryl methyl sites for hydroxylation is 1. The molecule has 3 rings (SSSR count). The van der Waals surface area contributed by atoms with Crippen molar-refractivity contribution >= 4 is 13.1 Å². The molecule has 0 unspecified atom stereocenters. The lowest BCUT2D eigenvalue weighted by molar-refractivity contribution is 0.104. The van der Waals surface area contributed by atoms with Gasteiger partial charge >= 0.3 is 7.60 Å². The summed E-state index contributed by atoms with van der Waals surface area (Å²) in [5.74, 6) is -1.30. The summed E-state index contributed by atoms with van der Waals surface area (Å²) >= 11 is 0. The molecule has 7 heteroatoms. The van der Waals surface area contributed by atoms with Crippen LogP contribution < -0.4 is 0 Å². The van der Waals surface area contributed by atoms with Gasteiger partial charge in [0.15, 0.2) is 0 Å². The Kier molecular flexibility index (Phi) is 5.07. The van der Waals surface area contributed by atoms with Crippen LogP contribution in [0.25, 0.3) is 22.3 Å². The first-order valence-electron chi connectivity index (χ1n) is 7.95. The molecule has 0 radical (unpaired) electrons. The molecule has 0 bridgehead atoms. The van der Waals surface area contributed by atoms with Gasteiger partial charge in [-0.1, -0.05) is 48.5 Å². The topological polar surface area (TPSA) is 74.6 Å². The quantitative estimate of drug-likeness (QED) is 0.622. The largest absolute Gasteiger partial charge is 0.396 e. The second-order valence-corrected chi connectivity index (χ2v) is 7.48. The van der Waals surface area contributed by atoms with Gasteiger partial charge in [-0.15, -0.1) is 0 Å². The van der Waals surface area contributed by atoms with Gasteiger partial charge < -0.3 is 9.79 Å². The average molecular weight is 388 g/mol. The highest BCUT2D eigenvalue weighted by atomic mass is 31.2. The third-order valence-electron chi connectivity index (χ3n) is 4.20. The van der Waals surface area contributed by atoms with Crippen molar-refractivity contribution in [1.82, 2.24) is 0 Å². The van der Waals surface area contributed by atoms with Gasteiger partial charge in [-0.25, -0.2) is 8.78 Å². The predicted octanol–water partition coefficient (Wildman–Crippen LogP) is 4.93. The van der Waals surface area contributed by atoms with Gasteiger partial charge in [0.1, 0.15) is 11.6 Å². The van der Waals surface area contributed by atoms with Crippen LogP contribution in [0.4, 0.5) is 8.78 Å². The minimum atomic E-state index is -5.15. The molecule has 3 aromatic carbocycles. The van der Waals surface area contributed by atoms with Crippen LogP contribution in [0, 0.1) is 18.6 Å². The molecule has 0 aromatic heterocycles. The highest BCUT2D eigenvalue weighted by Crippen LogP contribution is 2.46. The van der Waals surface area contributed by atoms with Crippen LogP contribution >= 0.6 is 7.60 Å². The zero-order valence-corrected chi connectivity index (χ0v) is 15.1. The van der Waals surface area contributed by atoms with E-state index in [0.717, 1.165) is 6.07 Å². The Labute approximate surface area is 154 Å². The van der Waals surface area contributed by atoms with Crippen molar-refractivity contribution in [2.75, 3.05) is 0 Å². The van der Waals surface area contributed by atoms with Gasteiger partial charge in [0.25, 0.3) is 5.52 Å². The van der Waals surface area contributed by atoms with Crippen molar-refractivity contribution in [3.8, 4) is 22.3 Å². The molecule has 0 saturated carbocycles. The number of hydrogen-bond donors (Lipinski definition) is 2. The van der Waals surface area contributed by atoms with Crippen LogP contribution in [-0.2, 0) is 4.57 Å². The van der Waals surface area contributed by atoms with Crippen LogP contribution in [0.1, 0.15) is 15.9 Å². The van der Waals surface area contributed by atoms with E-state index in [0.29, 0.717) is 0 Å². The molecule has 0 saturated heterocycles. The Hall–Kier alpha value is -2.66. The van der Waals surface area contributed by atoms with Crippen molar-refractivity contribution in [2.45, 2.75) is 6.92 Å². The summed E-state index contributed by atoms with van der Waals surface area (Å²) in [5.41, 5.74) is -1.34. The first kappa shape index (κ1) is 19.1. The van der Waals surface area contributed by atoms with Gasteiger partial charge in [-0.05, 0) is 30.2 Å². The molecular formula is C20H15F2O4P. The monoisotopic (exact) mass is 388 g/mol. The zero-order valence-electron chi connectivity index (χ0n) is 14.2.